The summed E-state index contributed by atoms with van der Waals surface area (Å²) in [4.78, 5) is 10.6. The third kappa shape index (κ3) is 3.83. The van der Waals surface area contributed by atoms with Crippen LogP contribution in [-0.4, -0.2) is 54.6 Å². The zero-order chi connectivity index (χ0) is 14.6. The lowest BCUT2D eigenvalue weighted by atomic mass is 10.4. The van der Waals surface area contributed by atoms with Crippen LogP contribution in [0.25, 0.3) is 0 Å². The Balaban J connectivity index is 2.24. The Labute approximate surface area is 124 Å². The van der Waals surface area contributed by atoms with Crippen LogP contribution in [0.1, 0.15) is 12.6 Å². The van der Waals surface area contributed by atoms with Crippen LogP contribution in [0.3, 0.4) is 0 Å². The zero-order valence-electron chi connectivity index (χ0n) is 11.7. The molecule has 1 unspecified atom stereocenters. The Bertz CT molecular complexity index is 550. The van der Waals surface area contributed by atoms with E-state index in [1.807, 2.05) is 11.8 Å². The molecule has 8 heteroatoms. The van der Waals surface area contributed by atoms with Crippen molar-refractivity contribution in [3.8, 4) is 0 Å². The molecule has 0 saturated carbocycles. The number of sulfone groups is 1. The van der Waals surface area contributed by atoms with Gasteiger partial charge in [0.25, 0.3) is 0 Å². The molecule has 1 fully saturated rings. The van der Waals surface area contributed by atoms with Crippen molar-refractivity contribution in [1.82, 2.24) is 15.3 Å². The van der Waals surface area contributed by atoms with Gasteiger partial charge < -0.3 is 10.2 Å². The highest BCUT2D eigenvalue weighted by molar-refractivity contribution is 8.01. The van der Waals surface area contributed by atoms with Crippen molar-refractivity contribution in [2.45, 2.75) is 18.8 Å². The fourth-order valence-electron chi connectivity index (χ4n) is 2.07. The molecule has 0 bridgehead atoms. The average molecular weight is 316 g/mol. The number of nitrogens with zero attached hydrogens (tertiary/aromatic N) is 3. The van der Waals surface area contributed by atoms with Gasteiger partial charge in [0.15, 0.2) is 9.84 Å². The molecule has 1 aliphatic rings. The van der Waals surface area contributed by atoms with E-state index in [9.17, 15) is 8.42 Å². The smallest absolute Gasteiger partial charge is 0.169 e. The van der Waals surface area contributed by atoms with Gasteiger partial charge in [-0.3, -0.25) is 4.98 Å². The summed E-state index contributed by atoms with van der Waals surface area (Å²) in [5, 5.41) is 2.68. The van der Waals surface area contributed by atoms with Gasteiger partial charge in [-0.2, -0.15) is 11.8 Å². The summed E-state index contributed by atoms with van der Waals surface area (Å²) in [6.45, 7) is 4.21. The molecule has 2 rings (SSSR count). The summed E-state index contributed by atoms with van der Waals surface area (Å²) in [5.41, 5.74) is 0.829. The van der Waals surface area contributed by atoms with E-state index in [4.69, 9.17) is 0 Å². The van der Waals surface area contributed by atoms with Crippen molar-refractivity contribution in [3.63, 3.8) is 0 Å². The van der Waals surface area contributed by atoms with Crippen molar-refractivity contribution < 1.29 is 8.42 Å². The Morgan fingerprint density at radius 2 is 2.30 bits per heavy atom. The molecule has 1 N–H and O–H groups in total. The normalized spacial score (nSPS) is 20.1. The number of rotatable bonds is 5. The lowest BCUT2D eigenvalue weighted by Crippen LogP contribution is -2.47. The SMILES string of the molecule is CCNCc1cncc(N2CCSCC2S(C)(=O)=O)n1. The Kier molecular flexibility index (Phi) is 5.22. The van der Waals surface area contributed by atoms with Crippen molar-refractivity contribution in [2.75, 3.05) is 35.8 Å². The second-order valence-electron chi connectivity index (χ2n) is 4.70. The molecule has 1 aromatic heterocycles. The van der Waals surface area contributed by atoms with Crippen molar-refractivity contribution in [3.05, 3.63) is 18.1 Å². The van der Waals surface area contributed by atoms with Crippen LogP contribution in [0, 0.1) is 0 Å². The summed E-state index contributed by atoms with van der Waals surface area (Å²) in [5.74, 6) is 2.14. The summed E-state index contributed by atoms with van der Waals surface area (Å²) in [7, 11) is -3.13. The molecular weight excluding hydrogens is 296 g/mol. The number of thioether (sulfide) groups is 1. The van der Waals surface area contributed by atoms with Crippen LogP contribution < -0.4 is 10.2 Å². The molecule has 1 aliphatic heterocycles. The molecular formula is C12H20N4O2S2. The topological polar surface area (TPSA) is 75.2 Å². The van der Waals surface area contributed by atoms with Crippen molar-refractivity contribution in [1.29, 1.82) is 0 Å². The van der Waals surface area contributed by atoms with Gasteiger partial charge in [0, 0.05) is 37.0 Å². The Morgan fingerprint density at radius 3 is 3.00 bits per heavy atom. The lowest BCUT2D eigenvalue weighted by Gasteiger charge is -2.34. The van der Waals surface area contributed by atoms with Crippen LogP contribution in [0.5, 0.6) is 0 Å². The van der Waals surface area contributed by atoms with Gasteiger partial charge >= 0.3 is 0 Å². The number of hydrogen-bond acceptors (Lipinski definition) is 7. The minimum absolute atomic E-state index is 0.509. The number of nitrogens with one attached hydrogen (secondary N) is 1. The highest BCUT2D eigenvalue weighted by Gasteiger charge is 2.32. The van der Waals surface area contributed by atoms with Crippen LogP contribution in [0.2, 0.25) is 0 Å². The number of hydrogen-bond donors (Lipinski definition) is 1. The molecule has 0 aromatic carbocycles. The highest BCUT2D eigenvalue weighted by atomic mass is 32.2. The maximum atomic E-state index is 11.9. The molecule has 0 amide bonds. The van der Waals surface area contributed by atoms with Gasteiger partial charge in [0.2, 0.25) is 0 Å². The Hall–Kier alpha value is -0.860. The molecule has 0 radical (unpaired) electrons. The number of anilines is 1. The average Bonchev–Trinajstić information content (AvgIpc) is 2.44. The summed E-state index contributed by atoms with van der Waals surface area (Å²) >= 11 is 1.67. The first-order valence-electron chi connectivity index (χ1n) is 6.57. The van der Waals surface area contributed by atoms with E-state index >= 15 is 0 Å². The second-order valence-corrected chi connectivity index (χ2v) is 8.05. The molecule has 112 valence electrons. The monoisotopic (exact) mass is 316 g/mol. The van der Waals surface area contributed by atoms with E-state index in [1.54, 1.807) is 24.2 Å². The molecule has 1 saturated heterocycles. The largest absolute Gasteiger partial charge is 0.337 e. The standard InChI is InChI=1S/C12H20N4O2S2/c1-3-13-6-10-7-14-8-11(15-10)16-4-5-19-9-12(16)20(2,17)18/h7-8,12-13H,3-6,9H2,1-2H3. The van der Waals surface area contributed by atoms with Gasteiger partial charge in [0.05, 0.1) is 11.9 Å². The molecule has 0 aliphatic carbocycles. The van der Waals surface area contributed by atoms with Crippen LogP contribution >= 0.6 is 11.8 Å². The summed E-state index contributed by atoms with van der Waals surface area (Å²) in [6, 6.07) is 0. The fraction of sp³-hybridized carbons (Fsp3) is 0.667. The molecule has 1 atom stereocenters. The lowest BCUT2D eigenvalue weighted by molar-refractivity contribution is 0.583. The van der Waals surface area contributed by atoms with E-state index in [0.717, 1.165) is 18.0 Å². The van der Waals surface area contributed by atoms with Gasteiger partial charge in [-0.25, -0.2) is 13.4 Å². The third-order valence-electron chi connectivity index (χ3n) is 3.10. The first-order chi connectivity index (χ1) is 9.52. The van der Waals surface area contributed by atoms with Crippen LogP contribution in [0.4, 0.5) is 5.82 Å². The van der Waals surface area contributed by atoms with E-state index in [2.05, 4.69) is 15.3 Å². The molecule has 20 heavy (non-hydrogen) atoms. The van der Waals surface area contributed by atoms with Gasteiger partial charge in [-0.15, -0.1) is 0 Å². The van der Waals surface area contributed by atoms with E-state index in [0.29, 0.717) is 24.7 Å². The predicted octanol–water partition coefficient (Wildman–Crippen LogP) is 0.510. The molecule has 2 heterocycles. The maximum absolute atomic E-state index is 11.9. The summed E-state index contributed by atoms with van der Waals surface area (Å²) < 4.78 is 23.8. The van der Waals surface area contributed by atoms with E-state index < -0.39 is 15.2 Å². The Morgan fingerprint density at radius 1 is 1.50 bits per heavy atom. The summed E-state index contributed by atoms with van der Waals surface area (Å²) in [6.07, 6.45) is 4.64. The highest BCUT2D eigenvalue weighted by Crippen LogP contribution is 2.24. The minimum Gasteiger partial charge on any atom is -0.337 e. The molecule has 1 aromatic rings. The van der Waals surface area contributed by atoms with Crippen LogP contribution in [-0.2, 0) is 16.4 Å². The fourth-order valence-corrected chi connectivity index (χ4v) is 4.90. The predicted molar refractivity (Wildman–Crippen MR) is 82.7 cm³/mol. The van der Waals surface area contributed by atoms with Crippen molar-refractivity contribution >= 4 is 27.4 Å². The minimum atomic E-state index is -3.13. The van der Waals surface area contributed by atoms with E-state index in [-0.39, 0.29) is 0 Å². The van der Waals surface area contributed by atoms with Gasteiger partial charge in [0.1, 0.15) is 11.2 Å². The molecule has 6 nitrogen and oxygen atoms in total. The zero-order valence-corrected chi connectivity index (χ0v) is 13.4. The second kappa shape index (κ2) is 6.73. The quantitative estimate of drug-likeness (QED) is 0.848. The number of aromatic nitrogens is 2. The van der Waals surface area contributed by atoms with Crippen LogP contribution in [0.15, 0.2) is 12.4 Å². The first kappa shape index (κ1) is 15.5. The maximum Gasteiger partial charge on any atom is 0.169 e. The van der Waals surface area contributed by atoms with Gasteiger partial charge in [-0.05, 0) is 6.54 Å². The van der Waals surface area contributed by atoms with Gasteiger partial charge in [-0.1, -0.05) is 6.92 Å². The first-order valence-corrected chi connectivity index (χ1v) is 9.68. The van der Waals surface area contributed by atoms with E-state index in [1.165, 1.54) is 6.26 Å². The van der Waals surface area contributed by atoms with Crippen molar-refractivity contribution in [2.24, 2.45) is 0 Å². The third-order valence-corrected chi connectivity index (χ3v) is 5.74. The molecule has 0 spiro atoms.